The number of hydrogen-bond acceptors (Lipinski definition) is 3. The van der Waals surface area contributed by atoms with Gasteiger partial charge in [-0.25, -0.2) is 0 Å². The molecule has 0 aromatic heterocycles. The van der Waals surface area contributed by atoms with Crippen LogP contribution in [0.2, 0.25) is 10.0 Å². The lowest BCUT2D eigenvalue weighted by molar-refractivity contribution is -0.155. The van der Waals surface area contributed by atoms with Crippen molar-refractivity contribution in [3.05, 3.63) is 69.7 Å². The molecular formula is C20H21Cl2NO3. The molecule has 0 aliphatic carbocycles. The van der Waals surface area contributed by atoms with E-state index in [4.69, 9.17) is 27.9 Å². The molecule has 26 heavy (non-hydrogen) atoms. The maximum atomic E-state index is 12.4. The molecule has 0 saturated heterocycles. The highest BCUT2D eigenvalue weighted by Crippen LogP contribution is 2.25. The average molecular weight is 394 g/mol. The summed E-state index contributed by atoms with van der Waals surface area (Å²) in [5.74, 6) is -0.742. The van der Waals surface area contributed by atoms with Crippen LogP contribution in [0.3, 0.4) is 0 Å². The van der Waals surface area contributed by atoms with Crippen molar-refractivity contribution in [2.45, 2.75) is 25.8 Å². The van der Waals surface area contributed by atoms with Crippen molar-refractivity contribution >= 4 is 35.1 Å². The Balaban J connectivity index is 1.92. The van der Waals surface area contributed by atoms with Gasteiger partial charge in [0.15, 0.2) is 6.61 Å². The molecule has 0 aliphatic heterocycles. The Bertz CT molecular complexity index is 791. The number of likely N-dealkylation sites (N-methyl/N-ethyl adjacent to an activating group) is 1. The Morgan fingerprint density at radius 3 is 2.31 bits per heavy atom. The second-order valence-corrected chi connectivity index (χ2v) is 7.38. The summed E-state index contributed by atoms with van der Waals surface area (Å²) >= 11 is 11.9. The van der Waals surface area contributed by atoms with E-state index in [0.29, 0.717) is 16.6 Å². The first-order chi connectivity index (χ1) is 12.2. The van der Waals surface area contributed by atoms with Crippen LogP contribution in [0.1, 0.15) is 25.0 Å². The SMILES string of the molecule is CN(Cc1ccc(Cl)c(Cl)c1)C(=O)COC(=O)C(C)(C)c1ccccc1. The molecule has 138 valence electrons. The molecule has 0 radical (unpaired) electrons. The number of benzene rings is 2. The summed E-state index contributed by atoms with van der Waals surface area (Å²) in [6.07, 6.45) is 0. The molecule has 2 aromatic rings. The molecule has 0 spiro atoms. The third-order valence-electron chi connectivity index (χ3n) is 4.16. The van der Waals surface area contributed by atoms with Crippen LogP contribution in [0.4, 0.5) is 0 Å². The van der Waals surface area contributed by atoms with Gasteiger partial charge in [0.05, 0.1) is 15.5 Å². The van der Waals surface area contributed by atoms with E-state index >= 15 is 0 Å². The van der Waals surface area contributed by atoms with E-state index in [1.807, 2.05) is 30.3 Å². The Labute approximate surface area is 163 Å². The first kappa shape index (κ1) is 20.3. The molecular weight excluding hydrogens is 373 g/mol. The van der Waals surface area contributed by atoms with Crippen molar-refractivity contribution in [3.8, 4) is 0 Å². The van der Waals surface area contributed by atoms with Gasteiger partial charge >= 0.3 is 5.97 Å². The summed E-state index contributed by atoms with van der Waals surface area (Å²) in [4.78, 5) is 26.1. The Kier molecular flexibility index (Phi) is 6.68. The van der Waals surface area contributed by atoms with E-state index in [9.17, 15) is 9.59 Å². The Morgan fingerprint density at radius 2 is 1.69 bits per heavy atom. The lowest BCUT2D eigenvalue weighted by Gasteiger charge is -2.24. The predicted octanol–water partition coefficient (Wildman–Crippen LogP) is 4.47. The van der Waals surface area contributed by atoms with Gasteiger partial charge in [-0.05, 0) is 37.1 Å². The summed E-state index contributed by atoms with van der Waals surface area (Å²) < 4.78 is 5.25. The average Bonchev–Trinajstić information content (AvgIpc) is 2.63. The van der Waals surface area contributed by atoms with Crippen molar-refractivity contribution in [2.24, 2.45) is 0 Å². The van der Waals surface area contributed by atoms with E-state index in [0.717, 1.165) is 11.1 Å². The zero-order valence-electron chi connectivity index (χ0n) is 15.0. The van der Waals surface area contributed by atoms with Crippen LogP contribution in [0.5, 0.6) is 0 Å². The number of amides is 1. The number of halogens is 2. The van der Waals surface area contributed by atoms with Gasteiger partial charge in [-0.3, -0.25) is 9.59 Å². The number of carbonyl (C=O) groups excluding carboxylic acids is 2. The minimum absolute atomic E-state index is 0.298. The molecule has 0 fully saturated rings. The Morgan fingerprint density at radius 1 is 1.04 bits per heavy atom. The fourth-order valence-electron chi connectivity index (χ4n) is 2.39. The van der Waals surface area contributed by atoms with Crippen LogP contribution in [0.25, 0.3) is 0 Å². The standard InChI is InChI=1S/C20H21Cl2NO3/c1-20(2,15-7-5-4-6-8-15)19(25)26-13-18(24)23(3)12-14-9-10-16(21)17(22)11-14/h4-11H,12-13H2,1-3H3. The normalized spacial score (nSPS) is 11.1. The minimum atomic E-state index is -0.830. The van der Waals surface area contributed by atoms with Gasteiger partial charge in [-0.15, -0.1) is 0 Å². The second kappa shape index (κ2) is 8.56. The molecule has 4 nitrogen and oxygen atoms in total. The van der Waals surface area contributed by atoms with E-state index in [-0.39, 0.29) is 12.5 Å². The van der Waals surface area contributed by atoms with E-state index in [1.165, 1.54) is 4.90 Å². The maximum absolute atomic E-state index is 12.4. The van der Waals surface area contributed by atoms with E-state index in [2.05, 4.69) is 0 Å². The van der Waals surface area contributed by atoms with Crippen LogP contribution < -0.4 is 0 Å². The zero-order chi connectivity index (χ0) is 19.3. The predicted molar refractivity (Wildman–Crippen MR) is 103 cm³/mol. The number of nitrogens with zero attached hydrogens (tertiary/aromatic N) is 1. The summed E-state index contributed by atoms with van der Waals surface area (Å²) in [6.45, 7) is 3.57. The highest BCUT2D eigenvalue weighted by molar-refractivity contribution is 6.42. The van der Waals surface area contributed by atoms with Gasteiger partial charge in [-0.1, -0.05) is 59.6 Å². The molecule has 0 unspecified atom stereocenters. The largest absolute Gasteiger partial charge is 0.455 e. The van der Waals surface area contributed by atoms with Gasteiger partial charge in [0.2, 0.25) is 0 Å². The van der Waals surface area contributed by atoms with Crippen molar-refractivity contribution < 1.29 is 14.3 Å². The molecule has 0 atom stereocenters. The van der Waals surface area contributed by atoms with Crippen LogP contribution in [0, 0.1) is 0 Å². The second-order valence-electron chi connectivity index (χ2n) is 6.57. The zero-order valence-corrected chi connectivity index (χ0v) is 16.5. The first-order valence-corrected chi connectivity index (χ1v) is 8.88. The fourth-order valence-corrected chi connectivity index (χ4v) is 2.71. The van der Waals surface area contributed by atoms with Gasteiger partial charge in [0.1, 0.15) is 0 Å². The van der Waals surface area contributed by atoms with Crippen LogP contribution in [-0.4, -0.2) is 30.4 Å². The fraction of sp³-hybridized carbons (Fsp3) is 0.300. The summed E-state index contributed by atoms with van der Waals surface area (Å²) in [5.41, 5.74) is 0.844. The van der Waals surface area contributed by atoms with Gasteiger partial charge in [-0.2, -0.15) is 0 Å². The number of ether oxygens (including phenoxy) is 1. The molecule has 6 heteroatoms. The number of carbonyl (C=O) groups is 2. The van der Waals surface area contributed by atoms with Crippen molar-refractivity contribution in [1.82, 2.24) is 4.90 Å². The maximum Gasteiger partial charge on any atom is 0.316 e. The lowest BCUT2D eigenvalue weighted by atomic mass is 9.85. The number of rotatable bonds is 6. The van der Waals surface area contributed by atoms with Gasteiger partial charge in [0, 0.05) is 13.6 Å². The third kappa shape index (κ3) is 4.99. The van der Waals surface area contributed by atoms with Crippen LogP contribution in [0.15, 0.2) is 48.5 Å². The summed E-state index contributed by atoms with van der Waals surface area (Å²) in [5, 5.41) is 0.891. The molecule has 1 amide bonds. The smallest absolute Gasteiger partial charge is 0.316 e. The highest BCUT2D eigenvalue weighted by atomic mass is 35.5. The molecule has 2 rings (SSSR count). The van der Waals surface area contributed by atoms with Crippen molar-refractivity contribution in [1.29, 1.82) is 0 Å². The van der Waals surface area contributed by atoms with E-state index < -0.39 is 11.4 Å². The van der Waals surface area contributed by atoms with Crippen LogP contribution in [-0.2, 0) is 26.3 Å². The molecule has 0 bridgehead atoms. The minimum Gasteiger partial charge on any atom is -0.455 e. The highest BCUT2D eigenvalue weighted by Gasteiger charge is 2.32. The van der Waals surface area contributed by atoms with Gasteiger partial charge < -0.3 is 9.64 Å². The molecule has 0 heterocycles. The molecule has 0 saturated carbocycles. The summed E-state index contributed by atoms with van der Waals surface area (Å²) in [6, 6.07) is 14.5. The topological polar surface area (TPSA) is 46.6 Å². The Hall–Kier alpha value is -2.04. The van der Waals surface area contributed by atoms with Gasteiger partial charge in [0.25, 0.3) is 5.91 Å². The summed E-state index contributed by atoms with van der Waals surface area (Å²) in [7, 11) is 1.64. The lowest BCUT2D eigenvalue weighted by Crippen LogP contribution is -2.36. The number of esters is 1. The van der Waals surface area contributed by atoms with E-state index in [1.54, 1.807) is 39.1 Å². The monoisotopic (exact) mass is 393 g/mol. The molecule has 0 aliphatic rings. The third-order valence-corrected chi connectivity index (χ3v) is 4.90. The molecule has 0 N–H and O–H groups in total. The quantitative estimate of drug-likeness (QED) is 0.679. The van der Waals surface area contributed by atoms with Crippen LogP contribution >= 0.6 is 23.2 Å². The number of hydrogen-bond donors (Lipinski definition) is 0. The first-order valence-electron chi connectivity index (χ1n) is 8.12. The van der Waals surface area contributed by atoms with Crippen molar-refractivity contribution in [3.63, 3.8) is 0 Å². The van der Waals surface area contributed by atoms with Crippen molar-refractivity contribution in [2.75, 3.05) is 13.7 Å². The molecule has 2 aromatic carbocycles.